The normalized spacial score (nSPS) is 15.5. The largest absolute Gasteiger partial charge is 0.507 e. The summed E-state index contributed by atoms with van der Waals surface area (Å²) in [5.41, 5.74) is 7.15. The zero-order chi connectivity index (χ0) is 16.4. The van der Waals surface area contributed by atoms with Gasteiger partial charge in [-0.05, 0) is 50.3 Å². The number of aryl methyl sites for hydroxylation is 2. The second kappa shape index (κ2) is 6.50. The van der Waals surface area contributed by atoms with Gasteiger partial charge in [-0.15, -0.1) is 11.3 Å². The number of benzene rings is 1. The van der Waals surface area contributed by atoms with Gasteiger partial charge in [0.1, 0.15) is 5.75 Å². The number of phenolic OH excluding ortho intramolecular Hbond substituents is 1. The third-order valence-corrected chi connectivity index (χ3v) is 4.80. The van der Waals surface area contributed by atoms with Crippen molar-refractivity contribution in [2.24, 2.45) is 5.10 Å². The standard InChI is InChI=1S/C17H19N3O2S/c1-10-6-7-15(21)17-13(10)4-3-5-14(17)19-20-16(22)8-12-9-23-11(2)18-12/h6-7,9,21H,3-5,8H2,1-2H3,(H,20,22)/b19-14+. The molecule has 0 spiro atoms. The van der Waals surface area contributed by atoms with E-state index in [1.807, 2.05) is 25.3 Å². The highest BCUT2D eigenvalue weighted by Gasteiger charge is 2.21. The topological polar surface area (TPSA) is 74.6 Å². The van der Waals surface area contributed by atoms with E-state index in [4.69, 9.17) is 0 Å². The lowest BCUT2D eigenvalue weighted by Gasteiger charge is -2.20. The van der Waals surface area contributed by atoms with Crippen molar-refractivity contribution >= 4 is 23.0 Å². The number of aromatic nitrogens is 1. The Morgan fingerprint density at radius 1 is 1.39 bits per heavy atom. The molecule has 3 rings (SSSR count). The van der Waals surface area contributed by atoms with Crippen molar-refractivity contribution < 1.29 is 9.90 Å². The lowest BCUT2D eigenvalue weighted by atomic mass is 9.86. The van der Waals surface area contributed by atoms with Crippen LogP contribution >= 0.6 is 11.3 Å². The molecule has 23 heavy (non-hydrogen) atoms. The number of fused-ring (bicyclic) bond motifs is 1. The fourth-order valence-electron chi connectivity index (χ4n) is 2.88. The van der Waals surface area contributed by atoms with Crippen LogP contribution in [0.25, 0.3) is 0 Å². The van der Waals surface area contributed by atoms with Gasteiger partial charge in [-0.3, -0.25) is 4.79 Å². The molecule has 1 aromatic carbocycles. The van der Waals surface area contributed by atoms with Crippen molar-refractivity contribution in [3.8, 4) is 5.75 Å². The number of amides is 1. The van der Waals surface area contributed by atoms with E-state index >= 15 is 0 Å². The molecule has 1 aliphatic carbocycles. The Bertz CT molecular complexity index is 780. The molecule has 0 unspecified atom stereocenters. The number of thiazole rings is 1. The average molecular weight is 329 g/mol. The predicted octanol–water partition coefficient (Wildman–Crippen LogP) is 2.86. The summed E-state index contributed by atoms with van der Waals surface area (Å²) in [5.74, 6) is 0.0375. The second-order valence-electron chi connectivity index (χ2n) is 5.74. The molecule has 2 aromatic rings. The maximum Gasteiger partial charge on any atom is 0.246 e. The SMILES string of the molecule is Cc1nc(CC(=O)N/N=C2\CCCc3c(C)ccc(O)c32)cs1. The van der Waals surface area contributed by atoms with Crippen LogP contribution in [0.1, 0.15) is 40.2 Å². The van der Waals surface area contributed by atoms with Crippen LogP contribution in [0.5, 0.6) is 5.75 Å². The van der Waals surface area contributed by atoms with Crippen LogP contribution in [0, 0.1) is 13.8 Å². The molecule has 5 nitrogen and oxygen atoms in total. The van der Waals surface area contributed by atoms with Crippen LogP contribution in [0.4, 0.5) is 0 Å². The van der Waals surface area contributed by atoms with Gasteiger partial charge in [0, 0.05) is 10.9 Å². The number of rotatable bonds is 3. The number of carbonyl (C=O) groups is 1. The van der Waals surface area contributed by atoms with Crippen LogP contribution in [0.15, 0.2) is 22.6 Å². The van der Waals surface area contributed by atoms with E-state index < -0.39 is 0 Å². The smallest absolute Gasteiger partial charge is 0.246 e. The van der Waals surface area contributed by atoms with Crippen LogP contribution in [-0.2, 0) is 17.6 Å². The van der Waals surface area contributed by atoms with E-state index in [0.29, 0.717) is 0 Å². The highest BCUT2D eigenvalue weighted by molar-refractivity contribution is 7.09. The van der Waals surface area contributed by atoms with Crippen molar-refractivity contribution in [2.75, 3.05) is 0 Å². The Kier molecular flexibility index (Phi) is 4.43. The minimum Gasteiger partial charge on any atom is -0.507 e. The van der Waals surface area contributed by atoms with E-state index in [9.17, 15) is 9.90 Å². The first kappa shape index (κ1) is 15.7. The first-order valence-electron chi connectivity index (χ1n) is 7.63. The molecule has 1 amide bonds. The van der Waals surface area contributed by atoms with Crippen molar-refractivity contribution in [3.05, 3.63) is 44.9 Å². The van der Waals surface area contributed by atoms with Crippen molar-refractivity contribution in [3.63, 3.8) is 0 Å². The second-order valence-corrected chi connectivity index (χ2v) is 6.80. The van der Waals surface area contributed by atoms with Crippen LogP contribution in [0.3, 0.4) is 0 Å². The number of nitrogens with one attached hydrogen (secondary N) is 1. The summed E-state index contributed by atoms with van der Waals surface area (Å²) in [6, 6.07) is 3.61. The Morgan fingerprint density at radius 2 is 2.22 bits per heavy atom. The minimum atomic E-state index is -0.193. The highest BCUT2D eigenvalue weighted by atomic mass is 32.1. The van der Waals surface area contributed by atoms with E-state index in [1.54, 1.807) is 6.07 Å². The molecule has 1 aromatic heterocycles. The van der Waals surface area contributed by atoms with E-state index in [2.05, 4.69) is 15.5 Å². The number of aromatic hydroxyl groups is 1. The lowest BCUT2D eigenvalue weighted by Crippen LogP contribution is -2.24. The molecular weight excluding hydrogens is 310 g/mol. The van der Waals surface area contributed by atoms with Crippen LogP contribution < -0.4 is 5.43 Å². The quantitative estimate of drug-likeness (QED) is 0.850. The molecule has 0 atom stereocenters. The number of carbonyl (C=O) groups excluding carboxylic acids is 1. The maximum atomic E-state index is 12.0. The van der Waals surface area contributed by atoms with Crippen LogP contribution in [-0.4, -0.2) is 21.7 Å². The number of hydrazone groups is 1. The summed E-state index contributed by atoms with van der Waals surface area (Å²) in [4.78, 5) is 16.3. The lowest BCUT2D eigenvalue weighted by molar-refractivity contribution is -0.120. The van der Waals surface area contributed by atoms with Crippen LogP contribution in [0.2, 0.25) is 0 Å². The van der Waals surface area contributed by atoms with Gasteiger partial charge in [-0.1, -0.05) is 6.07 Å². The molecule has 0 fully saturated rings. The van der Waals surface area contributed by atoms with Gasteiger partial charge in [0.25, 0.3) is 0 Å². The molecule has 0 radical (unpaired) electrons. The van der Waals surface area contributed by atoms with Gasteiger partial charge in [0.05, 0.1) is 22.8 Å². The first-order chi connectivity index (χ1) is 11.0. The Balaban J connectivity index is 1.77. The summed E-state index contributed by atoms with van der Waals surface area (Å²) in [7, 11) is 0. The van der Waals surface area contributed by atoms with E-state index in [1.165, 1.54) is 11.3 Å². The van der Waals surface area contributed by atoms with Gasteiger partial charge in [0.2, 0.25) is 5.91 Å². The molecule has 120 valence electrons. The summed E-state index contributed by atoms with van der Waals surface area (Å²) in [6.07, 6.45) is 2.87. The molecule has 0 saturated carbocycles. The fraction of sp³-hybridized carbons (Fsp3) is 0.353. The number of hydrogen-bond donors (Lipinski definition) is 2. The molecule has 1 aliphatic rings. The molecule has 0 bridgehead atoms. The summed E-state index contributed by atoms with van der Waals surface area (Å²) >= 11 is 1.53. The summed E-state index contributed by atoms with van der Waals surface area (Å²) in [5, 5.41) is 17.2. The van der Waals surface area contributed by atoms with Gasteiger partial charge in [-0.2, -0.15) is 5.10 Å². The summed E-state index contributed by atoms with van der Waals surface area (Å²) < 4.78 is 0. The number of nitrogens with zero attached hydrogens (tertiary/aromatic N) is 2. The number of phenols is 1. The maximum absolute atomic E-state index is 12.0. The van der Waals surface area contributed by atoms with E-state index in [-0.39, 0.29) is 18.1 Å². The molecule has 2 N–H and O–H groups in total. The highest BCUT2D eigenvalue weighted by Crippen LogP contribution is 2.31. The van der Waals surface area contributed by atoms with Crippen molar-refractivity contribution in [1.82, 2.24) is 10.4 Å². The van der Waals surface area contributed by atoms with Crippen molar-refractivity contribution in [2.45, 2.75) is 39.5 Å². The molecule has 1 heterocycles. The fourth-order valence-corrected chi connectivity index (χ4v) is 3.49. The molecule has 6 heteroatoms. The Morgan fingerprint density at radius 3 is 2.96 bits per heavy atom. The molecule has 0 saturated heterocycles. The Hall–Kier alpha value is -2.21. The monoisotopic (exact) mass is 329 g/mol. The van der Waals surface area contributed by atoms with Gasteiger partial charge < -0.3 is 5.11 Å². The first-order valence-corrected chi connectivity index (χ1v) is 8.51. The zero-order valence-electron chi connectivity index (χ0n) is 13.2. The summed E-state index contributed by atoms with van der Waals surface area (Å²) in [6.45, 7) is 3.95. The van der Waals surface area contributed by atoms with Gasteiger partial charge >= 0.3 is 0 Å². The predicted molar refractivity (Wildman–Crippen MR) is 91.0 cm³/mol. The average Bonchev–Trinajstić information content (AvgIpc) is 2.94. The number of hydrogen-bond acceptors (Lipinski definition) is 5. The Labute approximate surface area is 139 Å². The minimum absolute atomic E-state index is 0.193. The third kappa shape index (κ3) is 3.42. The molecule has 0 aliphatic heterocycles. The third-order valence-electron chi connectivity index (χ3n) is 3.98. The molecular formula is C17H19N3O2S. The van der Waals surface area contributed by atoms with Gasteiger partial charge in [-0.25, -0.2) is 10.4 Å². The van der Waals surface area contributed by atoms with Crippen molar-refractivity contribution in [1.29, 1.82) is 0 Å². The van der Waals surface area contributed by atoms with E-state index in [0.717, 1.165) is 52.4 Å². The zero-order valence-corrected chi connectivity index (χ0v) is 14.0. The van der Waals surface area contributed by atoms with Gasteiger partial charge in [0.15, 0.2) is 0 Å².